The van der Waals surface area contributed by atoms with Crippen LogP contribution >= 0.6 is 11.6 Å². The zero-order valence-electron chi connectivity index (χ0n) is 16.7. The summed E-state index contributed by atoms with van der Waals surface area (Å²) in [6, 6.07) is 4.56. The molecule has 0 N–H and O–H groups in total. The normalized spacial score (nSPS) is 23.6. The van der Waals surface area contributed by atoms with Crippen molar-refractivity contribution < 1.29 is 17.9 Å². The fourth-order valence-electron chi connectivity index (χ4n) is 3.64. The van der Waals surface area contributed by atoms with Gasteiger partial charge in [0, 0.05) is 31.7 Å². The zero-order valence-corrected chi connectivity index (χ0v) is 18.3. The summed E-state index contributed by atoms with van der Waals surface area (Å²) < 4.78 is 33.5. The molecule has 2 fully saturated rings. The first-order valence-electron chi connectivity index (χ1n) is 9.96. The number of halogens is 1. The van der Waals surface area contributed by atoms with E-state index >= 15 is 0 Å². The van der Waals surface area contributed by atoms with Gasteiger partial charge in [-0.1, -0.05) is 18.5 Å². The van der Waals surface area contributed by atoms with Gasteiger partial charge in [-0.25, -0.2) is 8.42 Å². The molecule has 8 heteroatoms. The van der Waals surface area contributed by atoms with Crippen LogP contribution < -0.4 is 0 Å². The maximum atomic E-state index is 13.2. The minimum atomic E-state index is -3.81. The molecule has 1 heterocycles. The first-order valence-corrected chi connectivity index (χ1v) is 11.8. The quantitative estimate of drug-likeness (QED) is 0.667. The Morgan fingerprint density at radius 3 is 2.46 bits per heavy atom. The monoisotopic (exact) mass is 428 g/mol. The minimum Gasteiger partial charge on any atom is -0.373 e. The van der Waals surface area contributed by atoms with Crippen LogP contribution in [0.25, 0.3) is 0 Å². The molecule has 2 atom stereocenters. The molecule has 1 saturated carbocycles. The lowest BCUT2D eigenvalue weighted by Crippen LogP contribution is -2.48. The third kappa shape index (κ3) is 4.87. The number of hydrogen-bond acceptors (Lipinski definition) is 4. The van der Waals surface area contributed by atoms with Gasteiger partial charge in [0.05, 0.1) is 17.2 Å². The van der Waals surface area contributed by atoms with E-state index in [0.717, 1.165) is 25.8 Å². The van der Waals surface area contributed by atoms with Crippen molar-refractivity contribution in [1.29, 1.82) is 0 Å². The van der Waals surface area contributed by atoms with Crippen LogP contribution in [0.1, 0.15) is 50.4 Å². The van der Waals surface area contributed by atoms with Gasteiger partial charge in [-0.05, 0) is 57.2 Å². The average molecular weight is 429 g/mol. The van der Waals surface area contributed by atoms with E-state index in [4.69, 9.17) is 16.3 Å². The summed E-state index contributed by atoms with van der Waals surface area (Å²) in [5.41, 5.74) is 0.367. The highest BCUT2D eigenvalue weighted by atomic mass is 35.5. The van der Waals surface area contributed by atoms with Crippen molar-refractivity contribution in [2.24, 2.45) is 5.92 Å². The van der Waals surface area contributed by atoms with Crippen molar-refractivity contribution >= 4 is 27.5 Å². The Balaban J connectivity index is 1.88. The molecular formula is C20H29ClN2O4S. The van der Waals surface area contributed by atoms with E-state index in [2.05, 4.69) is 0 Å². The Labute approximate surface area is 172 Å². The summed E-state index contributed by atoms with van der Waals surface area (Å²) in [4.78, 5) is 14.8. The average Bonchev–Trinajstić information content (AvgIpc) is 3.44. The lowest BCUT2D eigenvalue weighted by Gasteiger charge is -2.34. The molecule has 0 spiro atoms. The Morgan fingerprint density at radius 1 is 1.25 bits per heavy atom. The number of sulfonamides is 1. The third-order valence-electron chi connectivity index (χ3n) is 5.14. The van der Waals surface area contributed by atoms with Crippen molar-refractivity contribution in [3.63, 3.8) is 0 Å². The summed E-state index contributed by atoms with van der Waals surface area (Å²) in [5.74, 6) is 0.438. The standard InChI is InChI=1S/C20H29ClN2O4S/c1-4-9-22(13-16-5-6-16)20(24)17-7-8-18(21)19(10-17)28(25,26)23-11-14(2)27-15(3)12-23/h7-8,10,14-16H,4-6,9,11-13H2,1-3H3. The summed E-state index contributed by atoms with van der Waals surface area (Å²) in [6.07, 6.45) is 2.78. The summed E-state index contributed by atoms with van der Waals surface area (Å²) in [5, 5.41) is 0.132. The van der Waals surface area contributed by atoms with Crippen LogP contribution in [0.5, 0.6) is 0 Å². The van der Waals surface area contributed by atoms with Gasteiger partial charge in [0.15, 0.2) is 0 Å². The number of rotatable bonds is 7. The highest BCUT2D eigenvalue weighted by molar-refractivity contribution is 7.89. The van der Waals surface area contributed by atoms with Crippen LogP contribution in [0.3, 0.4) is 0 Å². The molecule has 1 aromatic rings. The molecule has 1 saturated heterocycles. The highest BCUT2D eigenvalue weighted by Gasteiger charge is 2.34. The number of ether oxygens (including phenoxy) is 1. The summed E-state index contributed by atoms with van der Waals surface area (Å²) >= 11 is 6.25. The Morgan fingerprint density at radius 2 is 1.89 bits per heavy atom. The van der Waals surface area contributed by atoms with E-state index in [1.54, 1.807) is 6.07 Å². The fourth-order valence-corrected chi connectivity index (χ4v) is 5.73. The number of carbonyl (C=O) groups is 1. The van der Waals surface area contributed by atoms with E-state index in [9.17, 15) is 13.2 Å². The number of hydrogen-bond donors (Lipinski definition) is 0. The lowest BCUT2D eigenvalue weighted by molar-refractivity contribution is -0.0440. The van der Waals surface area contributed by atoms with Crippen LogP contribution in [0.2, 0.25) is 5.02 Å². The molecule has 2 unspecified atom stereocenters. The molecule has 156 valence electrons. The largest absolute Gasteiger partial charge is 0.373 e. The van der Waals surface area contributed by atoms with Gasteiger partial charge in [-0.3, -0.25) is 4.79 Å². The Hall–Kier alpha value is -1.15. The maximum Gasteiger partial charge on any atom is 0.253 e. The second kappa shape index (κ2) is 8.69. The van der Waals surface area contributed by atoms with Gasteiger partial charge in [0.25, 0.3) is 5.91 Å². The first-order chi connectivity index (χ1) is 13.2. The second-order valence-corrected chi connectivity index (χ2v) is 10.2. The van der Waals surface area contributed by atoms with E-state index < -0.39 is 10.0 Å². The highest BCUT2D eigenvalue weighted by Crippen LogP contribution is 2.31. The van der Waals surface area contributed by atoms with Gasteiger partial charge >= 0.3 is 0 Å². The molecule has 1 aromatic carbocycles. The van der Waals surface area contributed by atoms with Gasteiger partial charge in [-0.15, -0.1) is 0 Å². The van der Waals surface area contributed by atoms with Gasteiger partial charge in [-0.2, -0.15) is 4.31 Å². The maximum absolute atomic E-state index is 13.2. The number of carbonyl (C=O) groups excluding carboxylic acids is 1. The van der Waals surface area contributed by atoms with Crippen LogP contribution in [0.4, 0.5) is 0 Å². The second-order valence-electron chi connectivity index (χ2n) is 7.92. The van der Waals surface area contributed by atoms with E-state index in [1.165, 1.54) is 16.4 Å². The molecule has 0 radical (unpaired) electrons. The molecule has 1 aliphatic carbocycles. The molecule has 2 aliphatic rings. The fraction of sp³-hybridized carbons (Fsp3) is 0.650. The van der Waals surface area contributed by atoms with Crippen molar-refractivity contribution in [2.75, 3.05) is 26.2 Å². The zero-order chi connectivity index (χ0) is 20.5. The van der Waals surface area contributed by atoms with Gasteiger partial charge < -0.3 is 9.64 Å². The van der Waals surface area contributed by atoms with E-state index in [1.807, 2.05) is 25.7 Å². The van der Waals surface area contributed by atoms with Crippen molar-refractivity contribution in [2.45, 2.75) is 57.1 Å². The molecular weight excluding hydrogens is 400 g/mol. The smallest absolute Gasteiger partial charge is 0.253 e. The van der Waals surface area contributed by atoms with Gasteiger partial charge in [0.1, 0.15) is 4.90 Å². The molecule has 1 aliphatic heterocycles. The minimum absolute atomic E-state index is 0.0100. The van der Waals surface area contributed by atoms with Crippen LogP contribution in [0, 0.1) is 5.92 Å². The number of amides is 1. The number of nitrogens with zero attached hydrogens (tertiary/aromatic N) is 2. The van der Waals surface area contributed by atoms with Crippen molar-refractivity contribution in [3.8, 4) is 0 Å². The first kappa shape index (κ1) is 21.6. The van der Waals surface area contributed by atoms with Crippen LogP contribution in [-0.2, 0) is 14.8 Å². The molecule has 1 amide bonds. The SMILES string of the molecule is CCCN(CC1CC1)C(=O)c1ccc(Cl)c(S(=O)(=O)N2CC(C)OC(C)C2)c1. The molecule has 6 nitrogen and oxygen atoms in total. The number of benzene rings is 1. The van der Waals surface area contributed by atoms with Crippen molar-refractivity contribution in [1.82, 2.24) is 9.21 Å². The van der Waals surface area contributed by atoms with Crippen molar-refractivity contribution in [3.05, 3.63) is 28.8 Å². The predicted molar refractivity (Wildman–Crippen MR) is 109 cm³/mol. The molecule has 3 rings (SSSR count). The Bertz CT molecular complexity index is 815. The Kier molecular flexibility index (Phi) is 6.69. The molecule has 0 aromatic heterocycles. The lowest BCUT2D eigenvalue weighted by atomic mass is 10.2. The van der Waals surface area contributed by atoms with Crippen LogP contribution in [0.15, 0.2) is 23.1 Å². The van der Waals surface area contributed by atoms with E-state index in [-0.39, 0.29) is 41.1 Å². The predicted octanol–water partition coefficient (Wildman–Crippen LogP) is 3.40. The summed E-state index contributed by atoms with van der Waals surface area (Å²) in [7, 11) is -3.81. The van der Waals surface area contributed by atoms with Gasteiger partial charge in [0.2, 0.25) is 10.0 Å². The van der Waals surface area contributed by atoms with E-state index in [0.29, 0.717) is 18.0 Å². The molecule has 0 bridgehead atoms. The summed E-state index contributed by atoms with van der Waals surface area (Å²) in [6.45, 7) is 7.66. The topological polar surface area (TPSA) is 66.9 Å². The third-order valence-corrected chi connectivity index (χ3v) is 7.45. The van der Waals surface area contributed by atoms with Crippen LogP contribution in [-0.4, -0.2) is 61.9 Å². The number of morpholine rings is 1. The molecule has 28 heavy (non-hydrogen) atoms.